The van der Waals surface area contributed by atoms with Gasteiger partial charge in [0.25, 0.3) is 0 Å². The minimum atomic E-state index is -5.67. The molecule has 0 saturated carbocycles. The maximum atomic E-state index is 11.9. The highest BCUT2D eigenvalue weighted by Crippen LogP contribution is 2.35. The second-order valence-corrected chi connectivity index (χ2v) is 1.86. The largest absolute Gasteiger partial charge is 0.482 e. The second-order valence-electron chi connectivity index (χ2n) is 1.86. The van der Waals surface area contributed by atoms with Crippen molar-refractivity contribution in [3.8, 4) is 0 Å². The van der Waals surface area contributed by atoms with Crippen LogP contribution in [0.4, 0.5) is 22.0 Å². The molecule has 7 heteroatoms. The molecule has 0 aliphatic carbocycles. The molecule has 0 N–H and O–H groups in total. The molecule has 74 valence electrons. The van der Waals surface area contributed by atoms with E-state index in [1.54, 1.807) is 0 Å². The van der Waals surface area contributed by atoms with Gasteiger partial charge in [0.2, 0.25) is 0 Å². The third-order valence-corrected chi connectivity index (χ3v) is 0.901. The average molecular weight is 194 g/mol. The topological polar surface area (TPSA) is 18.5 Å². The fourth-order valence-electron chi connectivity index (χ4n) is 0.335. The molecule has 0 aliphatic heterocycles. The SMILES string of the molecule is COCCOC(F)(F)C(F)(F)F. The summed E-state index contributed by atoms with van der Waals surface area (Å²) in [6.07, 6.45) is -10.8. The summed E-state index contributed by atoms with van der Waals surface area (Å²) in [6, 6.07) is 0. The Morgan fingerprint density at radius 3 is 1.83 bits per heavy atom. The maximum absolute atomic E-state index is 11.9. The van der Waals surface area contributed by atoms with Gasteiger partial charge in [-0.05, 0) is 0 Å². The Bertz CT molecular complexity index is 132. The highest BCUT2D eigenvalue weighted by Gasteiger charge is 2.59. The molecule has 0 aromatic rings. The molecule has 0 atom stereocenters. The number of alkyl halides is 5. The molecule has 0 rings (SSSR count). The van der Waals surface area contributed by atoms with E-state index in [1.165, 1.54) is 0 Å². The second kappa shape index (κ2) is 3.99. The van der Waals surface area contributed by atoms with Crippen molar-refractivity contribution < 1.29 is 31.4 Å². The molecule has 0 aromatic heterocycles. The van der Waals surface area contributed by atoms with Gasteiger partial charge in [0.1, 0.15) is 0 Å². The van der Waals surface area contributed by atoms with Crippen molar-refractivity contribution in [2.24, 2.45) is 0 Å². The molecule has 0 amide bonds. The molecule has 0 saturated heterocycles. The molecule has 0 fully saturated rings. The van der Waals surface area contributed by atoms with Crippen LogP contribution in [0.2, 0.25) is 0 Å². The van der Waals surface area contributed by atoms with Crippen LogP contribution < -0.4 is 0 Å². The standard InChI is InChI=1S/C5H7F5O2/c1-11-2-3-12-5(9,10)4(6,7)8/h2-3H2,1H3. The Labute approximate surface area is 65.3 Å². The zero-order chi connectivity index (χ0) is 9.83. The summed E-state index contributed by atoms with van der Waals surface area (Å²) in [4.78, 5) is 0. The van der Waals surface area contributed by atoms with Gasteiger partial charge in [0.15, 0.2) is 0 Å². The van der Waals surface area contributed by atoms with Crippen molar-refractivity contribution in [3.63, 3.8) is 0 Å². The predicted octanol–water partition coefficient (Wildman–Crippen LogP) is 1.80. The maximum Gasteiger partial charge on any atom is 0.482 e. The highest BCUT2D eigenvalue weighted by atomic mass is 19.4. The summed E-state index contributed by atoms with van der Waals surface area (Å²) in [5, 5.41) is 0. The van der Waals surface area contributed by atoms with E-state index in [2.05, 4.69) is 9.47 Å². The van der Waals surface area contributed by atoms with Crippen molar-refractivity contribution in [2.75, 3.05) is 20.3 Å². The van der Waals surface area contributed by atoms with Crippen LogP contribution in [0.3, 0.4) is 0 Å². The quantitative estimate of drug-likeness (QED) is 0.501. The lowest BCUT2D eigenvalue weighted by Crippen LogP contribution is -2.39. The Hall–Kier alpha value is -0.430. The minimum absolute atomic E-state index is 0.314. The van der Waals surface area contributed by atoms with E-state index < -0.39 is 18.9 Å². The number of ether oxygens (including phenoxy) is 2. The van der Waals surface area contributed by atoms with Crippen molar-refractivity contribution in [1.82, 2.24) is 0 Å². The first-order valence-corrected chi connectivity index (χ1v) is 2.88. The zero-order valence-corrected chi connectivity index (χ0v) is 6.12. The van der Waals surface area contributed by atoms with Gasteiger partial charge >= 0.3 is 12.3 Å². The first kappa shape index (κ1) is 11.6. The van der Waals surface area contributed by atoms with Crippen molar-refractivity contribution in [1.29, 1.82) is 0 Å². The van der Waals surface area contributed by atoms with E-state index in [9.17, 15) is 22.0 Å². The molecule has 0 spiro atoms. The average Bonchev–Trinajstić information content (AvgIpc) is 1.85. The molecular formula is C5H7F5O2. The van der Waals surface area contributed by atoms with Gasteiger partial charge in [0, 0.05) is 7.11 Å². The lowest BCUT2D eigenvalue weighted by atomic mass is 10.6. The van der Waals surface area contributed by atoms with E-state index in [0.717, 1.165) is 7.11 Å². The summed E-state index contributed by atoms with van der Waals surface area (Å²) in [6.45, 7) is -1.12. The minimum Gasteiger partial charge on any atom is -0.382 e. The molecule has 2 nitrogen and oxygen atoms in total. The summed E-state index contributed by atoms with van der Waals surface area (Å²) < 4.78 is 65.2. The Balaban J connectivity index is 3.88. The summed E-state index contributed by atoms with van der Waals surface area (Å²) in [5.41, 5.74) is 0. The number of methoxy groups -OCH3 is 1. The van der Waals surface area contributed by atoms with Gasteiger partial charge in [0.05, 0.1) is 13.2 Å². The van der Waals surface area contributed by atoms with Crippen LogP contribution in [0.15, 0.2) is 0 Å². The van der Waals surface area contributed by atoms with Crippen LogP contribution in [0.1, 0.15) is 0 Å². The Morgan fingerprint density at radius 2 is 1.50 bits per heavy atom. The molecular weight excluding hydrogens is 187 g/mol. The van der Waals surface area contributed by atoms with E-state index in [4.69, 9.17) is 0 Å². The normalized spacial score (nSPS) is 13.5. The molecule has 0 aromatic carbocycles. The van der Waals surface area contributed by atoms with Gasteiger partial charge < -0.3 is 9.47 Å². The summed E-state index contributed by atoms with van der Waals surface area (Å²) in [7, 11) is 1.16. The number of rotatable bonds is 4. The molecule has 0 unspecified atom stereocenters. The van der Waals surface area contributed by atoms with Crippen molar-refractivity contribution in [2.45, 2.75) is 12.3 Å². The van der Waals surface area contributed by atoms with Crippen LogP contribution in [0.5, 0.6) is 0 Å². The third kappa shape index (κ3) is 3.31. The first-order valence-electron chi connectivity index (χ1n) is 2.88. The number of halogens is 5. The van der Waals surface area contributed by atoms with Gasteiger partial charge in [-0.15, -0.1) is 0 Å². The van der Waals surface area contributed by atoms with Crippen LogP contribution in [0, 0.1) is 0 Å². The van der Waals surface area contributed by atoms with Crippen molar-refractivity contribution >= 4 is 0 Å². The highest BCUT2D eigenvalue weighted by molar-refractivity contribution is 4.63. The summed E-state index contributed by atoms with van der Waals surface area (Å²) >= 11 is 0. The molecule has 0 aliphatic rings. The van der Waals surface area contributed by atoms with Gasteiger partial charge in [-0.25, -0.2) is 0 Å². The van der Waals surface area contributed by atoms with Crippen molar-refractivity contribution in [3.05, 3.63) is 0 Å². The fraction of sp³-hybridized carbons (Fsp3) is 1.00. The molecule has 12 heavy (non-hydrogen) atoms. The van der Waals surface area contributed by atoms with E-state index in [-0.39, 0.29) is 6.61 Å². The first-order chi connectivity index (χ1) is 5.31. The lowest BCUT2D eigenvalue weighted by molar-refractivity contribution is -0.392. The fourth-order valence-corrected chi connectivity index (χ4v) is 0.335. The van der Waals surface area contributed by atoms with Crippen LogP contribution in [-0.2, 0) is 9.47 Å². The van der Waals surface area contributed by atoms with Crippen LogP contribution in [0.25, 0.3) is 0 Å². The van der Waals surface area contributed by atoms with Gasteiger partial charge in [-0.3, -0.25) is 0 Å². The van der Waals surface area contributed by atoms with Crippen LogP contribution >= 0.6 is 0 Å². The predicted molar refractivity (Wildman–Crippen MR) is 28.8 cm³/mol. The Morgan fingerprint density at radius 1 is 1.00 bits per heavy atom. The number of hydrogen-bond donors (Lipinski definition) is 0. The smallest absolute Gasteiger partial charge is 0.382 e. The summed E-state index contributed by atoms with van der Waals surface area (Å²) in [5.74, 6) is 0. The number of hydrogen-bond acceptors (Lipinski definition) is 2. The van der Waals surface area contributed by atoms with Gasteiger partial charge in [-0.1, -0.05) is 0 Å². The van der Waals surface area contributed by atoms with E-state index in [0.29, 0.717) is 0 Å². The van der Waals surface area contributed by atoms with E-state index >= 15 is 0 Å². The van der Waals surface area contributed by atoms with E-state index in [1.807, 2.05) is 0 Å². The van der Waals surface area contributed by atoms with Crippen LogP contribution in [-0.4, -0.2) is 32.6 Å². The monoisotopic (exact) mass is 194 g/mol. The zero-order valence-electron chi connectivity index (χ0n) is 6.12. The van der Waals surface area contributed by atoms with Gasteiger partial charge in [-0.2, -0.15) is 22.0 Å². The Kier molecular flexibility index (Phi) is 3.85. The third-order valence-electron chi connectivity index (χ3n) is 0.901. The molecule has 0 radical (unpaired) electrons. The molecule has 0 bridgehead atoms. The lowest BCUT2D eigenvalue weighted by Gasteiger charge is -2.18. The molecule has 0 heterocycles.